The van der Waals surface area contributed by atoms with Crippen LogP contribution in [-0.4, -0.2) is 31.2 Å². The van der Waals surface area contributed by atoms with Gasteiger partial charge in [-0.25, -0.2) is 9.07 Å². The molecule has 0 saturated carbocycles. The van der Waals surface area contributed by atoms with Gasteiger partial charge in [0.1, 0.15) is 5.82 Å². The molecule has 2 heterocycles. The number of nitrogens with one attached hydrogen (secondary N) is 1. The first-order chi connectivity index (χ1) is 12.2. The van der Waals surface area contributed by atoms with Gasteiger partial charge in [-0.2, -0.15) is 0 Å². The van der Waals surface area contributed by atoms with Crippen molar-refractivity contribution in [2.75, 3.05) is 11.1 Å². The molecule has 1 N–H and O–H groups in total. The first kappa shape index (κ1) is 17.2. The number of thioether (sulfide) groups is 1. The topological polar surface area (TPSA) is 64.7 Å². The molecule has 0 saturated heterocycles. The van der Waals surface area contributed by atoms with Crippen LogP contribution < -0.4 is 5.32 Å². The van der Waals surface area contributed by atoms with E-state index in [1.54, 1.807) is 12.1 Å². The summed E-state index contributed by atoms with van der Waals surface area (Å²) in [6.07, 6.45) is 5.52. The van der Waals surface area contributed by atoms with Crippen LogP contribution >= 0.6 is 11.8 Å². The second-order valence-corrected chi connectivity index (χ2v) is 6.28. The number of aromatic nitrogens is 4. The molecule has 3 aromatic rings. The third kappa shape index (κ3) is 4.08. The molecule has 0 radical (unpaired) electrons. The summed E-state index contributed by atoms with van der Waals surface area (Å²) < 4.78 is 17.4. The van der Waals surface area contributed by atoms with Gasteiger partial charge in [0.15, 0.2) is 5.82 Å². The highest BCUT2D eigenvalue weighted by atomic mass is 32.2. The van der Waals surface area contributed by atoms with Gasteiger partial charge in [-0.05, 0) is 30.7 Å². The largest absolute Gasteiger partial charge is 0.323 e. The van der Waals surface area contributed by atoms with Crippen LogP contribution in [0.5, 0.6) is 0 Å². The molecule has 8 heteroatoms. The van der Waals surface area contributed by atoms with Gasteiger partial charge in [-0.15, -0.1) is 10.2 Å². The van der Waals surface area contributed by atoms with Crippen LogP contribution in [0.3, 0.4) is 0 Å². The lowest BCUT2D eigenvalue weighted by Gasteiger charge is -2.11. The van der Waals surface area contributed by atoms with E-state index in [2.05, 4.69) is 22.4 Å². The van der Waals surface area contributed by atoms with E-state index in [1.165, 1.54) is 23.9 Å². The minimum absolute atomic E-state index is 0.111. The molecule has 0 spiro atoms. The van der Waals surface area contributed by atoms with E-state index in [-0.39, 0.29) is 17.3 Å². The van der Waals surface area contributed by atoms with Crippen molar-refractivity contribution >= 4 is 23.4 Å². The Labute approximate surface area is 149 Å². The number of hydrogen-bond donors (Lipinski definition) is 1. The van der Waals surface area contributed by atoms with E-state index >= 15 is 0 Å². The number of aryl methyl sites for hydroxylation is 1. The lowest BCUT2D eigenvalue weighted by Crippen LogP contribution is -2.17. The molecule has 6 nitrogen and oxygen atoms in total. The van der Waals surface area contributed by atoms with E-state index in [9.17, 15) is 9.18 Å². The Morgan fingerprint density at radius 1 is 1.20 bits per heavy atom. The highest BCUT2D eigenvalue weighted by Gasteiger charge is 2.15. The molecule has 25 heavy (non-hydrogen) atoms. The molecule has 0 bridgehead atoms. The fourth-order valence-electron chi connectivity index (χ4n) is 2.33. The fraction of sp³-hybridized carbons (Fsp3) is 0.235. The number of carbonyl (C=O) groups is 1. The summed E-state index contributed by atoms with van der Waals surface area (Å²) in [4.78, 5) is 12.1. The molecular weight excluding hydrogens is 341 g/mol. The van der Waals surface area contributed by atoms with Crippen molar-refractivity contribution in [2.45, 2.75) is 24.9 Å². The number of hydrogen-bond acceptors (Lipinski definition) is 4. The van der Waals surface area contributed by atoms with Crippen molar-refractivity contribution in [3.05, 3.63) is 60.4 Å². The van der Waals surface area contributed by atoms with Crippen molar-refractivity contribution < 1.29 is 9.18 Å². The SMILES string of the molecule is CCCc1nnc(SCC(=O)Nc2ccccc2F)n1-n1cccc1. The van der Waals surface area contributed by atoms with Crippen molar-refractivity contribution in [3.8, 4) is 0 Å². The maximum atomic E-state index is 13.6. The number of benzene rings is 1. The second kappa shape index (κ2) is 7.98. The quantitative estimate of drug-likeness (QED) is 0.658. The van der Waals surface area contributed by atoms with Crippen molar-refractivity contribution in [3.63, 3.8) is 0 Å². The van der Waals surface area contributed by atoms with Gasteiger partial charge in [0, 0.05) is 18.8 Å². The Balaban J connectivity index is 1.71. The van der Waals surface area contributed by atoms with Gasteiger partial charge >= 0.3 is 0 Å². The molecule has 0 aliphatic carbocycles. The van der Waals surface area contributed by atoms with E-state index in [0.29, 0.717) is 5.16 Å². The summed E-state index contributed by atoms with van der Waals surface area (Å²) >= 11 is 1.26. The van der Waals surface area contributed by atoms with E-state index in [0.717, 1.165) is 18.7 Å². The first-order valence-corrected chi connectivity index (χ1v) is 8.92. The number of para-hydroxylation sites is 1. The molecule has 3 rings (SSSR count). The Morgan fingerprint density at radius 3 is 2.68 bits per heavy atom. The predicted octanol–water partition coefficient (Wildman–Crippen LogP) is 3.21. The number of rotatable bonds is 7. The lowest BCUT2D eigenvalue weighted by molar-refractivity contribution is -0.113. The first-order valence-electron chi connectivity index (χ1n) is 7.94. The minimum Gasteiger partial charge on any atom is -0.323 e. The summed E-state index contributed by atoms with van der Waals surface area (Å²) in [5.41, 5.74) is 0.173. The van der Waals surface area contributed by atoms with Crippen LogP contribution in [0.25, 0.3) is 0 Å². The summed E-state index contributed by atoms with van der Waals surface area (Å²) in [6.45, 7) is 2.07. The van der Waals surface area contributed by atoms with E-state index in [1.807, 2.05) is 33.9 Å². The van der Waals surface area contributed by atoms with Gasteiger partial charge in [0.2, 0.25) is 11.1 Å². The number of halogens is 1. The molecule has 0 aliphatic rings. The molecule has 0 fully saturated rings. The zero-order chi connectivity index (χ0) is 17.6. The van der Waals surface area contributed by atoms with Crippen LogP contribution in [0.2, 0.25) is 0 Å². The average Bonchev–Trinajstić information content (AvgIpc) is 3.25. The van der Waals surface area contributed by atoms with Crippen molar-refractivity contribution in [1.29, 1.82) is 0 Å². The number of anilines is 1. The average molecular weight is 359 g/mol. The normalized spacial score (nSPS) is 10.8. The highest BCUT2D eigenvalue weighted by Crippen LogP contribution is 2.19. The highest BCUT2D eigenvalue weighted by molar-refractivity contribution is 7.99. The second-order valence-electron chi connectivity index (χ2n) is 5.34. The Morgan fingerprint density at radius 2 is 1.96 bits per heavy atom. The Kier molecular flexibility index (Phi) is 5.49. The monoisotopic (exact) mass is 359 g/mol. The van der Waals surface area contributed by atoms with Crippen molar-refractivity contribution in [2.24, 2.45) is 0 Å². The molecule has 1 aromatic carbocycles. The summed E-state index contributed by atoms with van der Waals surface area (Å²) in [6, 6.07) is 9.91. The molecule has 0 unspecified atom stereocenters. The molecular formula is C17H18FN5OS. The smallest absolute Gasteiger partial charge is 0.234 e. The fourth-order valence-corrected chi connectivity index (χ4v) is 3.09. The minimum atomic E-state index is -0.457. The van der Waals surface area contributed by atoms with E-state index in [4.69, 9.17) is 0 Å². The number of amides is 1. The summed E-state index contributed by atoms with van der Waals surface area (Å²) in [7, 11) is 0. The lowest BCUT2D eigenvalue weighted by atomic mass is 10.3. The molecule has 1 amide bonds. The van der Waals surface area contributed by atoms with Crippen LogP contribution in [-0.2, 0) is 11.2 Å². The summed E-state index contributed by atoms with van der Waals surface area (Å²) in [5.74, 6) is 0.186. The standard InChI is InChI=1S/C17H18FN5OS/c1-2-7-15-20-21-17(23(15)22-10-5-6-11-22)25-12-16(24)19-14-9-4-3-8-13(14)18/h3-6,8-11H,2,7,12H2,1H3,(H,19,24). The Hall–Kier alpha value is -2.61. The van der Waals surface area contributed by atoms with Crippen LogP contribution in [0, 0.1) is 5.82 Å². The van der Waals surface area contributed by atoms with Crippen LogP contribution in [0.4, 0.5) is 10.1 Å². The third-order valence-corrected chi connectivity index (χ3v) is 4.37. The van der Waals surface area contributed by atoms with E-state index < -0.39 is 5.82 Å². The predicted molar refractivity (Wildman–Crippen MR) is 95.0 cm³/mol. The molecule has 0 aliphatic heterocycles. The van der Waals surface area contributed by atoms with Gasteiger partial charge in [-0.1, -0.05) is 30.8 Å². The molecule has 2 aromatic heterocycles. The Bertz CT molecular complexity index is 847. The molecule has 130 valence electrons. The number of carbonyl (C=O) groups excluding carboxylic acids is 1. The van der Waals surface area contributed by atoms with Crippen molar-refractivity contribution in [1.82, 2.24) is 19.5 Å². The van der Waals surface area contributed by atoms with Gasteiger partial charge < -0.3 is 5.32 Å². The molecule has 0 atom stereocenters. The zero-order valence-corrected chi connectivity index (χ0v) is 14.5. The van der Waals surface area contributed by atoms with Gasteiger partial charge in [0.25, 0.3) is 0 Å². The number of nitrogens with zero attached hydrogens (tertiary/aromatic N) is 4. The van der Waals surface area contributed by atoms with Gasteiger partial charge in [-0.3, -0.25) is 9.47 Å². The third-order valence-electron chi connectivity index (χ3n) is 3.45. The summed E-state index contributed by atoms with van der Waals surface area (Å²) in [5, 5.41) is 11.6. The van der Waals surface area contributed by atoms with Gasteiger partial charge in [0.05, 0.1) is 11.4 Å². The van der Waals surface area contributed by atoms with Crippen LogP contribution in [0.15, 0.2) is 53.9 Å². The maximum Gasteiger partial charge on any atom is 0.234 e. The van der Waals surface area contributed by atoms with Crippen LogP contribution in [0.1, 0.15) is 19.2 Å². The maximum absolute atomic E-state index is 13.6. The zero-order valence-electron chi connectivity index (χ0n) is 13.7.